The van der Waals surface area contributed by atoms with Gasteiger partial charge in [0.1, 0.15) is 0 Å². The van der Waals surface area contributed by atoms with Crippen LogP contribution in [0.1, 0.15) is 42.3 Å². The molecule has 2 N–H and O–H groups in total. The van der Waals surface area contributed by atoms with Gasteiger partial charge in [-0.1, -0.05) is 19.9 Å². The normalized spacial score (nSPS) is 11.4. The standard InChI is InChI=1S/C21H26N4/c1-6-9-25-12-15(5)21-19(25)10-14(4)20(24-21)16-7-8-17(13(2)3)23-18(16)11-22/h6-8,10,12-13H,1,9,11,22H2,2-5H3. The van der Waals surface area contributed by atoms with Crippen molar-refractivity contribution >= 4 is 11.0 Å². The van der Waals surface area contributed by atoms with Gasteiger partial charge in [0.15, 0.2) is 0 Å². The van der Waals surface area contributed by atoms with Crippen molar-refractivity contribution in [1.29, 1.82) is 0 Å². The number of hydrogen-bond donors (Lipinski definition) is 1. The van der Waals surface area contributed by atoms with Crippen molar-refractivity contribution in [2.75, 3.05) is 0 Å². The summed E-state index contributed by atoms with van der Waals surface area (Å²) in [6.07, 6.45) is 4.04. The van der Waals surface area contributed by atoms with E-state index in [9.17, 15) is 0 Å². The van der Waals surface area contributed by atoms with E-state index in [1.165, 1.54) is 5.56 Å². The summed E-state index contributed by atoms with van der Waals surface area (Å²) in [5.74, 6) is 0.381. The van der Waals surface area contributed by atoms with E-state index < -0.39 is 0 Å². The van der Waals surface area contributed by atoms with E-state index in [4.69, 9.17) is 15.7 Å². The summed E-state index contributed by atoms with van der Waals surface area (Å²) >= 11 is 0. The van der Waals surface area contributed by atoms with Gasteiger partial charge in [-0.05, 0) is 49.1 Å². The smallest absolute Gasteiger partial charge is 0.0917 e. The molecule has 4 nitrogen and oxygen atoms in total. The third kappa shape index (κ3) is 3.10. The lowest BCUT2D eigenvalue weighted by Gasteiger charge is -2.13. The predicted octanol–water partition coefficient (Wildman–Crippen LogP) is 4.48. The second-order valence-electron chi connectivity index (χ2n) is 6.86. The minimum absolute atomic E-state index is 0.381. The predicted molar refractivity (Wildman–Crippen MR) is 105 cm³/mol. The van der Waals surface area contributed by atoms with E-state index in [0.29, 0.717) is 12.5 Å². The zero-order valence-corrected chi connectivity index (χ0v) is 15.5. The monoisotopic (exact) mass is 334 g/mol. The number of fused-ring (bicyclic) bond motifs is 1. The Hall–Kier alpha value is -2.46. The molecule has 0 atom stereocenters. The highest BCUT2D eigenvalue weighted by Gasteiger charge is 2.15. The number of nitrogens with zero attached hydrogens (tertiary/aromatic N) is 3. The van der Waals surface area contributed by atoms with Crippen molar-refractivity contribution in [3.63, 3.8) is 0 Å². The zero-order chi connectivity index (χ0) is 18.1. The van der Waals surface area contributed by atoms with Crippen molar-refractivity contribution in [1.82, 2.24) is 14.5 Å². The Bertz CT molecular complexity index is 935. The average molecular weight is 334 g/mol. The molecule has 0 saturated heterocycles. The van der Waals surface area contributed by atoms with Gasteiger partial charge < -0.3 is 10.3 Å². The Morgan fingerprint density at radius 1 is 1.20 bits per heavy atom. The molecule has 4 heteroatoms. The summed E-state index contributed by atoms with van der Waals surface area (Å²) in [5.41, 5.74) is 14.4. The second-order valence-corrected chi connectivity index (χ2v) is 6.86. The van der Waals surface area contributed by atoms with Gasteiger partial charge >= 0.3 is 0 Å². The molecule has 0 spiro atoms. The summed E-state index contributed by atoms with van der Waals surface area (Å²) in [6.45, 7) is 13.5. The van der Waals surface area contributed by atoms with Crippen LogP contribution < -0.4 is 5.73 Å². The van der Waals surface area contributed by atoms with E-state index in [0.717, 1.165) is 45.8 Å². The molecule has 0 aliphatic heterocycles. The van der Waals surface area contributed by atoms with E-state index >= 15 is 0 Å². The van der Waals surface area contributed by atoms with Crippen LogP contribution >= 0.6 is 0 Å². The maximum absolute atomic E-state index is 5.99. The summed E-state index contributed by atoms with van der Waals surface area (Å²) in [4.78, 5) is 9.74. The molecule has 0 aromatic carbocycles. The van der Waals surface area contributed by atoms with Crippen molar-refractivity contribution in [2.24, 2.45) is 5.73 Å². The molecule has 25 heavy (non-hydrogen) atoms. The lowest BCUT2D eigenvalue weighted by Crippen LogP contribution is -2.07. The zero-order valence-electron chi connectivity index (χ0n) is 15.5. The molecule has 3 heterocycles. The topological polar surface area (TPSA) is 56.7 Å². The lowest BCUT2D eigenvalue weighted by atomic mass is 10.0. The van der Waals surface area contributed by atoms with Gasteiger partial charge in [0.25, 0.3) is 0 Å². The van der Waals surface area contributed by atoms with Gasteiger partial charge in [-0.15, -0.1) is 6.58 Å². The average Bonchev–Trinajstić information content (AvgIpc) is 2.89. The maximum Gasteiger partial charge on any atom is 0.0917 e. The quantitative estimate of drug-likeness (QED) is 0.700. The molecule has 0 unspecified atom stereocenters. The number of aryl methyl sites for hydroxylation is 2. The highest BCUT2D eigenvalue weighted by molar-refractivity contribution is 5.84. The van der Waals surface area contributed by atoms with Crippen LogP contribution in [0.5, 0.6) is 0 Å². The van der Waals surface area contributed by atoms with Crippen LogP contribution in [0, 0.1) is 13.8 Å². The van der Waals surface area contributed by atoms with E-state index in [2.05, 4.69) is 63.2 Å². The molecule has 0 bridgehead atoms. The Labute approximate surface area is 149 Å². The van der Waals surface area contributed by atoms with Crippen molar-refractivity contribution in [3.8, 4) is 11.3 Å². The molecular formula is C21H26N4. The molecule has 0 aliphatic rings. The van der Waals surface area contributed by atoms with Crippen LogP contribution in [0.4, 0.5) is 0 Å². The van der Waals surface area contributed by atoms with Crippen molar-refractivity contribution < 1.29 is 0 Å². The number of rotatable bonds is 5. The van der Waals surface area contributed by atoms with E-state index in [1.807, 2.05) is 6.08 Å². The van der Waals surface area contributed by atoms with Crippen LogP contribution in [0.25, 0.3) is 22.3 Å². The molecule has 0 fully saturated rings. The van der Waals surface area contributed by atoms with Gasteiger partial charge in [0.2, 0.25) is 0 Å². The van der Waals surface area contributed by atoms with Gasteiger partial charge in [0.05, 0.1) is 22.4 Å². The van der Waals surface area contributed by atoms with Crippen LogP contribution in [0.15, 0.2) is 37.1 Å². The fraction of sp³-hybridized carbons (Fsp3) is 0.333. The van der Waals surface area contributed by atoms with Crippen LogP contribution in [-0.4, -0.2) is 14.5 Å². The Balaban J connectivity index is 2.21. The molecule has 0 aliphatic carbocycles. The molecule has 0 radical (unpaired) electrons. The number of allylic oxidation sites excluding steroid dienone is 1. The third-order valence-corrected chi connectivity index (χ3v) is 4.59. The Morgan fingerprint density at radius 3 is 2.60 bits per heavy atom. The molecule has 3 aromatic heterocycles. The number of nitrogens with two attached hydrogens (primary N) is 1. The van der Waals surface area contributed by atoms with Gasteiger partial charge in [-0.25, -0.2) is 4.98 Å². The summed E-state index contributed by atoms with van der Waals surface area (Å²) in [7, 11) is 0. The van der Waals surface area contributed by atoms with Crippen LogP contribution in [0.3, 0.4) is 0 Å². The third-order valence-electron chi connectivity index (χ3n) is 4.59. The van der Waals surface area contributed by atoms with Gasteiger partial charge in [-0.2, -0.15) is 0 Å². The minimum atomic E-state index is 0.381. The Kier molecular flexibility index (Phi) is 4.73. The fourth-order valence-electron chi connectivity index (χ4n) is 3.25. The molecule has 130 valence electrons. The first kappa shape index (κ1) is 17.4. The van der Waals surface area contributed by atoms with Crippen LogP contribution in [-0.2, 0) is 13.1 Å². The highest BCUT2D eigenvalue weighted by atomic mass is 15.0. The minimum Gasteiger partial charge on any atom is -0.342 e. The van der Waals surface area contributed by atoms with Crippen molar-refractivity contribution in [2.45, 2.75) is 46.7 Å². The van der Waals surface area contributed by atoms with Gasteiger partial charge in [0, 0.05) is 30.5 Å². The first-order chi connectivity index (χ1) is 12.0. The first-order valence-electron chi connectivity index (χ1n) is 8.74. The molecule has 3 rings (SSSR count). The highest BCUT2D eigenvalue weighted by Crippen LogP contribution is 2.30. The maximum atomic E-state index is 5.99. The van der Waals surface area contributed by atoms with Gasteiger partial charge in [-0.3, -0.25) is 4.98 Å². The molecule has 3 aromatic rings. The SMILES string of the molecule is C=CCn1cc(C)c2nc(-c3ccc(C(C)C)nc3CN)c(C)cc21. The molecule has 0 amide bonds. The summed E-state index contributed by atoms with van der Waals surface area (Å²) in [5, 5.41) is 0. The second kappa shape index (κ2) is 6.81. The largest absolute Gasteiger partial charge is 0.342 e. The first-order valence-corrected chi connectivity index (χ1v) is 8.74. The van der Waals surface area contributed by atoms with Crippen molar-refractivity contribution in [3.05, 3.63) is 59.6 Å². The van der Waals surface area contributed by atoms with Crippen LogP contribution in [0.2, 0.25) is 0 Å². The number of aromatic nitrogens is 3. The number of pyridine rings is 2. The fourth-order valence-corrected chi connectivity index (χ4v) is 3.25. The Morgan fingerprint density at radius 2 is 1.96 bits per heavy atom. The van der Waals surface area contributed by atoms with E-state index in [-0.39, 0.29) is 0 Å². The summed E-state index contributed by atoms with van der Waals surface area (Å²) < 4.78 is 2.19. The molecular weight excluding hydrogens is 308 g/mol. The molecule has 0 saturated carbocycles. The number of hydrogen-bond acceptors (Lipinski definition) is 3. The van der Waals surface area contributed by atoms with E-state index in [1.54, 1.807) is 0 Å². The summed E-state index contributed by atoms with van der Waals surface area (Å²) in [6, 6.07) is 6.40. The lowest BCUT2D eigenvalue weighted by molar-refractivity contribution is 0.804.